The van der Waals surface area contributed by atoms with Gasteiger partial charge >= 0.3 is 5.97 Å². The summed E-state index contributed by atoms with van der Waals surface area (Å²) in [7, 11) is 6.23. The Bertz CT molecular complexity index is 1860. The summed E-state index contributed by atoms with van der Waals surface area (Å²) >= 11 is 0. The van der Waals surface area contributed by atoms with Crippen molar-refractivity contribution in [3.8, 4) is 0 Å². The number of aryl methyl sites for hydroxylation is 1. The van der Waals surface area contributed by atoms with E-state index in [-0.39, 0.29) is 60.6 Å². The van der Waals surface area contributed by atoms with Crippen molar-refractivity contribution in [1.29, 1.82) is 0 Å². The minimum absolute atomic E-state index is 0.0785. The smallest absolute Gasteiger partial charge is 0.326 e. The van der Waals surface area contributed by atoms with Gasteiger partial charge in [0.05, 0.1) is 36.6 Å². The van der Waals surface area contributed by atoms with Crippen molar-refractivity contribution < 1.29 is 53.2 Å². The Kier molecular flexibility index (Phi) is 22.4. The van der Waals surface area contributed by atoms with Crippen LogP contribution in [-0.2, 0) is 49.5 Å². The van der Waals surface area contributed by atoms with E-state index in [4.69, 9.17) is 9.47 Å². The van der Waals surface area contributed by atoms with Crippen LogP contribution in [0.15, 0.2) is 36.4 Å². The van der Waals surface area contributed by atoms with Crippen LogP contribution in [0.25, 0.3) is 0 Å². The zero-order chi connectivity index (χ0) is 50.3. The van der Waals surface area contributed by atoms with Gasteiger partial charge in [0.2, 0.25) is 35.4 Å². The van der Waals surface area contributed by atoms with Gasteiger partial charge in [-0.25, -0.2) is 4.79 Å². The maximum Gasteiger partial charge on any atom is 0.326 e. The quantitative estimate of drug-likeness (QED) is 0.0928. The second kappa shape index (κ2) is 26.6. The number of aliphatic carboxylic acids is 1. The third-order valence-corrected chi connectivity index (χ3v) is 13.7. The van der Waals surface area contributed by atoms with Gasteiger partial charge in [0.15, 0.2) is 0 Å². The first kappa shape index (κ1) is 56.5. The fraction of sp³-hybridized carbons (Fsp3) is 0.700. The molecule has 10 atom stereocenters. The van der Waals surface area contributed by atoms with E-state index >= 15 is 0 Å². The minimum Gasteiger partial charge on any atom is -0.480 e. The number of aliphatic hydroxyl groups is 1. The van der Waals surface area contributed by atoms with E-state index in [9.17, 15) is 43.8 Å². The number of carboxylic acid groups (broad SMARTS) is 1. The normalized spacial score (nSPS) is 19.7. The molecule has 0 spiro atoms. The Hall–Kier alpha value is -4.87. The topological polar surface area (TPSA) is 215 Å². The number of carbonyl (C=O) groups excluding carboxylic acids is 6. The van der Waals surface area contributed by atoms with Crippen LogP contribution in [0.5, 0.6) is 0 Å². The molecule has 6 amide bonds. The second-order valence-corrected chi connectivity index (χ2v) is 19.2. The number of rotatable bonds is 27. The van der Waals surface area contributed by atoms with E-state index in [1.807, 2.05) is 72.7 Å². The van der Waals surface area contributed by atoms with Gasteiger partial charge in [0.1, 0.15) is 24.4 Å². The summed E-state index contributed by atoms with van der Waals surface area (Å²) in [6.07, 6.45) is 4.25. The number of nitrogens with zero attached hydrogens (tertiary/aromatic N) is 4. The number of benzene rings is 1. The monoisotopic (exact) mass is 941 g/mol. The third kappa shape index (κ3) is 15.3. The van der Waals surface area contributed by atoms with Crippen molar-refractivity contribution in [2.24, 2.45) is 23.7 Å². The predicted molar refractivity (Wildman–Crippen MR) is 254 cm³/mol. The molecule has 1 saturated heterocycles. The van der Waals surface area contributed by atoms with E-state index in [0.717, 1.165) is 11.1 Å². The maximum absolute atomic E-state index is 14.6. The van der Waals surface area contributed by atoms with Crippen molar-refractivity contribution in [3.05, 3.63) is 47.5 Å². The molecule has 7 unspecified atom stereocenters. The SMILES string of the molecule is CCC(C)C(C(CC(=O)N1CCC[C@H]1C(OC)C(C)C(=O)N[C@@H](Cc1ccc(C)cc1)C(=O)O)OC)N(C)C(=O)[C@@H](NC(=O)C(C(C)C)N(C)C(=O)CCCCCN1C(=O)C=CC1O)C(C)C. The first-order valence-corrected chi connectivity index (χ1v) is 24.0. The number of methoxy groups -OCH3 is 2. The number of hydrogen-bond acceptors (Lipinski definition) is 10. The van der Waals surface area contributed by atoms with Gasteiger partial charge in [-0.1, -0.05) is 91.1 Å². The van der Waals surface area contributed by atoms with Gasteiger partial charge < -0.3 is 49.9 Å². The lowest BCUT2D eigenvalue weighted by atomic mass is 9.89. The van der Waals surface area contributed by atoms with Gasteiger partial charge in [-0.15, -0.1) is 0 Å². The zero-order valence-corrected chi connectivity index (χ0v) is 42.0. The standard InChI is InChI=1S/C50H80N6O11/c1-13-33(7)45(54(10)49(63)43(30(2)3)52-48(62)44(31(4)5)53(9)39(57)19-15-14-16-26-56-40(58)24-25-41(56)59)38(66-11)29-42(60)55-27-17-18-37(55)46(67-12)34(8)47(61)51-36(50(64)65)28-35-22-20-32(6)21-23-35/h20-25,30-31,33-34,36-38,40,43-46,58H,13-19,26-29H2,1-12H3,(H,51,61)(H,52,62)(H,64,65)/t33?,34?,36-,37-,38?,40?,43-,44?,45?,46?/m0/s1. The molecule has 2 heterocycles. The lowest BCUT2D eigenvalue weighted by molar-refractivity contribution is -0.149. The van der Waals surface area contributed by atoms with E-state index in [2.05, 4.69) is 10.6 Å². The molecule has 0 aliphatic carbocycles. The van der Waals surface area contributed by atoms with Crippen LogP contribution in [0.4, 0.5) is 0 Å². The Morgan fingerprint density at radius 2 is 1.54 bits per heavy atom. The molecule has 0 radical (unpaired) electrons. The summed E-state index contributed by atoms with van der Waals surface area (Å²) in [4.78, 5) is 100. The fourth-order valence-electron chi connectivity index (χ4n) is 9.47. The summed E-state index contributed by atoms with van der Waals surface area (Å²) in [5, 5.41) is 25.6. The number of nitrogens with one attached hydrogen (secondary N) is 2. The number of amides is 6. The minimum atomic E-state index is -1.16. The second-order valence-electron chi connectivity index (χ2n) is 19.2. The van der Waals surface area contributed by atoms with Gasteiger partial charge in [0.25, 0.3) is 0 Å². The molecule has 0 saturated carbocycles. The highest BCUT2D eigenvalue weighted by Crippen LogP contribution is 2.30. The molecule has 67 heavy (non-hydrogen) atoms. The van der Waals surface area contributed by atoms with E-state index in [1.54, 1.807) is 30.8 Å². The van der Waals surface area contributed by atoms with Crippen molar-refractivity contribution in [1.82, 2.24) is 30.2 Å². The highest BCUT2D eigenvalue weighted by molar-refractivity contribution is 5.93. The number of aliphatic hydroxyl groups excluding tert-OH is 1. The number of carbonyl (C=O) groups is 7. The summed E-state index contributed by atoms with van der Waals surface area (Å²) < 4.78 is 11.9. The average molecular weight is 941 g/mol. The number of ether oxygens (including phenoxy) is 2. The molecule has 2 aliphatic heterocycles. The van der Waals surface area contributed by atoms with Crippen LogP contribution >= 0.6 is 0 Å². The summed E-state index contributed by atoms with van der Waals surface area (Å²) in [5.74, 6) is -4.74. The van der Waals surface area contributed by atoms with Crippen molar-refractivity contribution >= 4 is 41.4 Å². The van der Waals surface area contributed by atoms with E-state index < -0.39 is 72.3 Å². The molecule has 17 heteroatoms. The maximum atomic E-state index is 14.6. The molecule has 1 aromatic rings. The van der Waals surface area contributed by atoms with Crippen molar-refractivity contribution in [2.45, 2.75) is 162 Å². The first-order valence-electron chi connectivity index (χ1n) is 24.0. The molecule has 0 aromatic heterocycles. The summed E-state index contributed by atoms with van der Waals surface area (Å²) in [5.41, 5.74) is 1.81. The Labute approximate surface area is 398 Å². The molecule has 0 bridgehead atoms. The number of likely N-dealkylation sites (N-methyl/N-ethyl adjacent to an activating group) is 2. The lowest BCUT2D eigenvalue weighted by Gasteiger charge is -2.41. The van der Waals surface area contributed by atoms with Crippen LogP contribution < -0.4 is 10.6 Å². The number of likely N-dealkylation sites (tertiary alicyclic amines) is 1. The third-order valence-electron chi connectivity index (χ3n) is 13.7. The van der Waals surface area contributed by atoms with Crippen LogP contribution in [0.3, 0.4) is 0 Å². The van der Waals surface area contributed by atoms with Crippen molar-refractivity contribution in [3.63, 3.8) is 0 Å². The number of carboxylic acids is 1. The molecule has 1 aromatic carbocycles. The van der Waals surface area contributed by atoms with Crippen LogP contribution in [-0.4, -0.2) is 161 Å². The highest BCUT2D eigenvalue weighted by Gasteiger charge is 2.44. The van der Waals surface area contributed by atoms with Gasteiger partial charge in [0, 0.05) is 60.3 Å². The Morgan fingerprint density at radius 1 is 0.881 bits per heavy atom. The highest BCUT2D eigenvalue weighted by atomic mass is 16.5. The Balaban J connectivity index is 1.71. The zero-order valence-electron chi connectivity index (χ0n) is 42.0. The molecular weight excluding hydrogens is 861 g/mol. The lowest BCUT2D eigenvalue weighted by Crippen LogP contribution is -2.60. The van der Waals surface area contributed by atoms with Crippen LogP contribution in [0.2, 0.25) is 0 Å². The average Bonchev–Trinajstić information content (AvgIpc) is 3.90. The Morgan fingerprint density at radius 3 is 2.07 bits per heavy atom. The summed E-state index contributed by atoms with van der Waals surface area (Å²) in [6, 6.07) is 3.41. The van der Waals surface area contributed by atoms with Crippen LogP contribution in [0, 0.1) is 30.6 Å². The van der Waals surface area contributed by atoms with Gasteiger partial charge in [-0.2, -0.15) is 0 Å². The molecule has 2 aliphatic rings. The molecule has 4 N–H and O–H groups in total. The largest absolute Gasteiger partial charge is 0.480 e. The molecule has 376 valence electrons. The van der Waals surface area contributed by atoms with E-state index in [1.165, 1.54) is 36.2 Å². The predicted octanol–water partition coefficient (Wildman–Crippen LogP) is 3.93. The molecule has 17 nitrogen and oxygen atoms in total. The summed E-state index contributed by atoms with van der Waals surface area (Å²) in [6.45, 7) is 15.7. The van der Waals surface area contributed by atoms with Gasteiger partial charge in [-0.3, -0.25) is 28.8 Å². The van der Waals surface area contributed by atoms with Crippen molar-refractivity contribution in [2.75, 3.05) is 41.4 Å². The number of unbranched alkanes of at least 4 members (excludes halogenated alkanes) is 2. The molecule has 1 fully saturated rings. The molecule has 3 rings (SSSR count). The first-order chi connectivity index (χ1) is 31.6. The fourth-order valence-corrected chi connectivity index (χ4v) is 9.47. The van der Waals surface area contributed by atoms with Gasteiger partial charge in [-0.05, 0) is 62.0 Å². The number of hydrogen-bond donors (Lipinski definition) is 4. The van der Waals surface area contributed by atoms with Crippen LogP contribution in [0.1, 0.15) is 111 Å². The molecular formula is C50H80N6O11. The van der Waals surface area contributed by atoms with E-state index in [0.29, 0.717) is 51.6 Å².